The van der Waals surface area contributed by atoms with Gasteiger partial charge >= 0.3 is 5.97 Å². The van der Waals surface area contributed by atoms with E-state index < -0.39 is 5.97 Å². The van der Waals surface area contributed by atoms with Gasteiger partial charge in [0.25, 0.3) is 5.91 Å². The summed E-state index contributed by atoms with van der Waals surface area (Å²) in [6.07, 6.45) is 15.4. The molecule has 0 fully saturated rings. The van der Waals surface area contributed by atoms with E-state index in [0.717, 1.165) is 12.8 Å². The highest BCUT2D eigenvalue weighted by Crippen LogP contribution is 2.12. The Morgan fingerprint density at radius 2 is 1.23 bits per heavy atom. The van der Waals surface area contributed by atoms with Crippen molar-refractivity contribution in [2.45, 2.75) is 84.0 Å². The van der Waals surface area contributed by atoms with Crippen LogP contribution in [0.25, 0.3) is 0 Å². The predicted octanol–water partition coefficient (Wildman–Crippen LogP) is 5.82. The van der Waals surface area contributed by atoms with Crippen molar-refractivity contribution in [2.24, 2.45) is 0 Å². The Bertz CT molecular complexity index is 528. The molecule has 0 saturated carbocycles. The summed E-state index contributed by atoms with van der Waals surface area (Å²) in [5.41, 5.74) is 0.290. The number of rotatable bonds is 15. The van der Waals surface area contributed by atoms with E-state index in [1.807, 2.05) is 0 Å². The normalized spacial score (nSPS) is 10.7. The molecule has 146 valence electrons. The maximum atomic E-state index is 12.1. The standard InChI is InChI=1S/C22H35NO3/c1-2-3-4-5-6-7-8-9-10-11-12-15-18-23-21(24)19-16-13-14-17-20(19)22(25)26/h13-14,16-17H,2-12,15,18H2,1H3,(H,23,24)(H,25,26). The molecule has 0 radical (unpaired) electrons. The van der Waals surface area contributed by atoms with E-state index in [9.17, 15) is 9.59 Å². The monoisotopic (exact) mass is 361 g/mol. The van der Waals surface area contributed by atoms with E-state index in [1.54, 1.807) is 18.2 Å². The van der Waals surface area contributed by atoms with Crippen molar-refractivity contribution in [1.29, 1.82) is 0 Å². The first-order valence-corrected chi connectivity index (χ1v) is 10.3. The smallest absolute Gasteiger partial charge is 0.336 e. The number of hydrogen-bond acceptors (Lipinski definition) is 2. The van der Waals surface area contributed by atoms with Gasteiger partial charge in [-0.3, -0.25) is 4.79 Å². The van der Waals surface area contributed by atoms with Crippen LogP contribution in [0.15, 0.2) is 24.3 Å². The molecule has 2 N–H and O–H groups in total. The zero-order chi connectivity index (χ0) is 19.0. The third-order valence-corrected chi connectivity index (χ3v) is 4.72. The van der Waals surface area contributed by atoms with Crippen molar-refractivity contribution >= 4 is 11.9 Å². The van der Waals surface area contributed by atoms with Crippen LogP contribution in [0.3, 0.4) is 0 Å². The van der Waals surface area contributed by atoms with Crippen LogP contribution in [0.1, 0.15) is 105 Å². The van der Waals surface area contributed by atoms with E-state index in [2.05, 4.69) is 12.2 Å². The lowest BCUT2D eigenvalue weighted by Crippen LogP contribution is -2.26. The van der Waals surface area contributed by atoms with Crippen LogP contribution in [0.4, 0.5) is 0 Å². The summed E-state index contributed by atoms with van der Waals surface area (Å²) >= 11 is 0. The van der Waals surface area contributed by atoms with Gasteiger partial charge in [-0.2, -0.15) is 0 Å². The maximum Gasteiger partial charge on any atom is 0.336 e. The lowest BCUT2D eigenvalue weighted by atomic mass is 10.1. The average molecular weight is 362 g/mol. The minimum absolute atomic E-state index is 0.0553. The first-order valence-electron chi connectivity index (χ1n) is 10.3. The molecule has 0 unspecified atom stereocenters. The molecule has 0 spiro atoms. The van der Waals surface area contributed by atoms with Gasteiger partial charge in [-0.05, 0) is 18.6 Å². The topological polar surface area (TPSA) is 66.4 Å². The number of carbonyl (C=O) groups excluding carboxylic acids is 1. The molecule has 1 aromatic carbocycles. The molecular weight excluding hydrogens is 326 g/mol. The Labute approximate surface area is 158 Å². The van der Waals surface area contributed by atoms with Gasteiger partial charge in [0.2, 0.25) is 0 Å². The van der Waals surface area contributed by atoms with Crippen molar-refractivity contribution in [3.63, 3.8) is 0 Å². The van der Waals surface area contributed by atoms with Crippen LogP contribution in [0, 0.1) is 0 Å². The molecule has 0 heterocycles. The third kappa shape index (κ3) is 9.59. The molecule has 1 amide bonds. The quantitative estimate of drug-likeness (QED) is 0.387. The number of benzene rings is 1. The van der Waals surface area contributed by atoms with Gasteiger partial charge in [0.05, 0.1) is 11.1 Å². The summed E-state index contributed by atoms with van der Waals surface area (Å²) in [5.74, 6) is -1.37. The number of carbonyl (C=O) groups is 2. The molecule has 0 aliphatic rings. The number of nitrogens with one attached hydrogen (secondary N) is 1. The second-order valence-corrected chi connectivity index (χ2v) is 7.00. The van der Waals surface area contributed by atoms with Crippen molar-refractivity contribution in [2.75, 3.05) is 6.54 Å². The van der Waals surface area contributed by atoms with Crippen LogP contribution in [0.5, 0.6) is 0 Å². The largest absolute Gasteiger partial charge is 0.478 e. The van der Waals surface area contributed by atoms with Crippen LogP contribution in [0.2, 0.25) is 0 Å². The summed E-state index contributed by atoms with van der Waals surface area (Å²) in [7, 11) is 0. The fraction of sp³-hybridized carbons (Fsp3) is 0.636. The average Bonchev–Trinajstić information content (AvgIpc) is 2.65. The molecule has 4 heteroatoms. The van der Waals surface area contributed by atoms with Crippen molar-refractivity contribution in [1.82, 2.24) is 5.32 Å². The molecule has 0 atom stereocenters. The van der Waals surface area contributed by atoms with Crippen molar-refractivity contribution in [3.05, 3.63) is 35.4 Å². The molecule has 0 aromatic heterocycles. The highest BCUT2D eigenvalue weighted by Gasteiger charge is 2.14. The van der Waals surface area contributed by atoms with Crippen LogP contribution < -0.4 is 5.32 Å². The van der Waals surface area contributed by atoms with Crippen molar-refractivity contribution in [3.8, 4) is 0 Å². The lowest BCUT2D eigenvalue weighted by Gasteiger charge is -2.07. The first kappa shape index (κ1) is 22.2. The second-order valence-electron chi connectivity index (χ2n) is 7.00. The summed E-state index contributed by atoms with van der Waals surface area (Å²) in [6, 6.07) is 6.33. The van der Waals surface area contributed by atoms with Gasteiger partial charge in [-0.25, -0.2) is 4.79 Å². The van der Waals surface area contributed by atoms with Gasteiger partial charge in [0.15, 0.2) is 0 Å². The van der Waals surface area contributed by atoms with Crippen LogP contribution in [-0.4, -0.2) is 23.5 Å². The molecule has 0 bridgehead atoms. The summed E-state index contributed by atoms with van der Waals surface area (Å²) in [6.45, 7) is 2.85. The molecule has 0 saturated heterocycles. The number of unbranched alkanes of at least 4 members (excludes halogenated alkanes) is 11. The molecule has 0 aliphatic heterocycles. The Morgan fingerprint density at radius 1 is 0.769 bits per heavy atom. The van der Waals surface area contributed by atoms with E-state index in [0.29, 0.717) is 6.54 Å². The number of aromatic carboxylic acids is 1. The summed E-state index contributed by atoms with van der Waals surface area (Å²) < 4.78 is 0. The highest BCUT2D eigenvalue weighted by molar-refractivity contribution is 6.04. The lowest BCUT2D eigenvalue weighted by molar-refractivity contribution is 0.0691. The Kier molecular flexibility index (Phi) is 12.2. The van der Waals surface area contributed by atoms with E-state index in [1.165, 1.54) is 70.3 Å². The van der Waals surface area contributed by atoms with E-state index in [-0.39, 0.29) is 17.0 Å². The molecular formula is C22H35NO3. The van der Waals surface area contributed by atoms with Crippen LogP contribution in [-0.2, 0) is 0 Å². The molecule has 4 nitrogen and oxygen atoms in total. The van der Waals surface area contributed by atoms with Gasteiger partial charge in [-0.1, -0.05) is 89.7 Å². The van der Waals surface area contributed by atoms with Gasteiger partial charge < -0.3 is 10.4 Å². The highest BCUT2D eigenvalue weighted by atomic mass is 16.4. The third-order valence-electron chi connectivity index (χ3n) is 4.72. The van der Waals surface area contributed by atoms with Gasteiger partial charge in [-0.15, -0.1) is 0 Å². The molecule has 1 aromatic rings. The molecule has 0 aliphatic carbocycles. The molecule has 26 heavy (non-hydrogen) atoms. The van der Waals surface area contributed by atoms with E-state index >= 15 is 0 Å². The SMILES string of the molecule is CCCCCCCCCCCCCCNC(=O)c1ccccc1C(=O)O. The number of carboxylic acids is 1. The predicted molar refractivity (Wildman–Crippen MR) is 107 cm³/mol. The Morgan fingerprint density at radius 3 is 1.73 bits per heavy atom. The second kappa shape index (κ2) is 14.3. The van der Waals surface area contributed by atoms with Crippen molar-refractivity contribution < 1.29 is 14.7 Å². The zero-order valence-corrected chi connectivity index (χ0v) is 16.3. The Hall–Kier alpha value is -1.84. The minimum atomic E-state index is -1.07. The number of hydrogen-bond donors (Lipinski definition) is 2. The fourth-order valence-corrected chi connectivity index (χ4v) is 3.13. The summed E-state index contributed by atoms with van der Waals surface area (Å²) in [5, 5.41) is 11.9. The fourth-order valence-electron chi connectivity index (χ4n) is 3.13. The Balaban J connectivity index is 2.01. The maximum absolute atomic E-state index is 12.1. The molecule has 1 rings (SSSR count). The van der Waals surface area contributed by atoms with Crippen LogP contribution >= 0.6 is 0 Å². The minimum Gasteiger partial charge on any atom is -0.478 e. The van der Waals surface area contributed by atoms with Gasteiger partial charge in [0.1, 0.15) is 0 Å². The number of amides is 1. The number of carboxylic acid groups (broad SMARTS) is 1. The summed E-state index contributed by atoms with van der Waals surface area (Å²) in [4.78, 5) is 23.2. The zero-order valence-electron chi connectivity index (χ0n) is 16.3. The van der Waals surface area contributed by atoms with Gasteiger partial charge in [0, 0.05) is 6.54 Å². The first-order chi connectivity index (χ1) is 12.7. The van der Waals surface area contributed by atoms with E-state index in [4.69, 9.17) is 5.11 Å².